The van der Waals surface area contributed by atoms with Crippen molar-refractivity contribution >= 4 is 38.8 Å². The van der Waals surface area contributed by atoms with Gasteiger partial charge in [-0.2, -0.15) is 0 Å². The highest BCUT2D eigenvalue weighted by atomic mass is 32.2. The Hall–Kier alpha value is -3.93. The highest BCUT2D eigenvalue weighted by Crippen LogP contribution is 2.37. The van der Waals surface area contributed by atoms with E-state index < -0.39 is 21.6 Å². The summed E-state index contributed by atoms with van der Waals surface area (Å²) < 4.78 is 29.7. The standard InChI is InChI=1S/C28H31N5O4S2/c1-28(2,3)33-39(36,37)25-15-21(32-27(35)31-16-18-6-5-7-22(34)14-18)12-13-23(25)24-17-30-26(38-24)19-8-10-20(29-4)11-9-19/h5-15,17,29,33-34H,16H2,1-4H3,(H2,31,32,35). The number of sulfonamides is 1. The largest absolute Gasteiger partial charge is 0.508 e. The number of benzene rings is 3. The molecule has 0 aliphatic heterocycles. The quantitative estimate of drug-likeness (QED) is 0.188. The first-order valence-corrected chi connectivity index (χ1v) is 14.5. The first-order chi connectivity index (χ1) is 18.4. The van der Waals surface area contributed by atoms with Crippen LogP contribution in [0, 0.1) is 0 Å². The van der Waals surface area contributed by atoms with Crippen molar-refractivity contribution < 1.29 is 18.3 Å². The molecule has 0 aliphatic rings. The van der Waals surface area contributed by atoms with Crippen LogP contribution < -0.4 is 20.7 Å². The van der Waals surface area contributed by atoms with Gasteiger partial charge in [0.25, 0.3) is 0 Å². The van der Waals surface area contributed by atoms with E-state index in [1.807, 2.05) is 31.3 Å². The monoisotopic (exact) mass is 565 g/mol. The lowest BCUT2D eigenvalue weighted by atomic mass is 10.1. The van der Waals surface area contributed by atoms with Gasteiger partial charge >= 0.3 is 6.03 Å². The summed E-state index contributed by atoms with van der Waals surface area (Å²) in [5, 5.41) is 18.9. The molecule has 2 amide bonds. The Balaban J connectivity index is 1.63. The summed E-state index contributed by atoms with van der Waals surface area (Å²) in [6.45, 7) is 5.48. The number of rotatable bonds is 8. The zero-order valence-electron chi connectivity index (χ0n) is 22.1. The Kier molecular flexibility index (Phi) is 8.24. The zero-order valence-corrected chi connectivity index (χ0v) is 23.7. The molecule has 0 aliphatic carbocycles. The number of anilines is 2. The number of hydrogen-bond acceptors (Lipinski definition) is 7. The molecule has 1 aromatic heterocycles. The van der Waals surface area contributed by atoms with E-state index in [0.717, 1.165) is 21.8 Å². The van der Waals surface area contributed by atoms with Crippen molar-refractivity contribution in [1.29, 1.82) is 0 Å². The van der Waals surface area contributed by atoms with Crippen molar-refractivity contribution in [3.8, 4) is 26.8 Å². The summed E-state index contributed by atoms with van der Waals surface area (Å²) >= 11 is 1.38. The fourth-order valence-electron chi connectivity index (χ4n) is 3.82. The number of carbonyl (C=O) groups excluding carboxylic acids is 1. The molecule has 4 aromatic rings. The molecule has 0 unspecified atom stereocenters. The van der Waals surface area contributed by atoms with E-state index >= 15 is 0 Å². The molecule has 0 spiro atoms. The molecule has 0 saturated carbocycles. The lowest BCUT2D eigenvalue weighted by molar-refractivity contribution is 0.251. The maximum absolute atomic E-state index is 13.5. The number of hydrogen-bond donors (Lipinski definition) is 5. The Bertz CT molecular complexity index is 1580. The number of urea groups is 1. The second-order valence-electron chi connectivity index (χ2n) is 9.90. The van der Waals surface area contributed by atoms with Crippen molar-refractivity contribution in [1.82, 2.24) is 15.0 Å². The van der Waals surface area contributed by atoms with Crippen molar-refractivity contribution in [3.05, 3.63) is 78.5 Å². The molecule has 3 aromatic carbocycles. The molecule has 11 heteroatoms. The van der Waals surface area contributed by atoms with E-state index in [2.05, 4.69) is 25.7 Å². The van der Waals surface area contributed by atoms with Crippen LogP contribution in [0.15, 0.2) is 77.8 Å². The van der Waals surface area contributed by atoms with Gasteiger partial charge in [0.2, 0.25) is 10.0 Å². The van der Waals surface area contributed by atoms with Gasteiger partial charge in [0.15, 0.2) is 0 Å². The molecule has 4 rings (SSSR count). The number of aromatic hydroxyl groups is 1. The van der Waals surface area contributed by atoms with Gasteiger partial charge in [0.05, 0.1) is 9.77 Å². The lowest BCUT2D eigenvalue weighted by Crippen LogP contribution is -2.40. The van der Waals surface area contributed by atoms with E-state index in [4.69, 9.17) is 0 Å². The number of carbonyl (C=O) groups is 1. The van der Waals surface area contributed by atoms with Gasteiger partial charge in [-0.1, -0.05) is 18.2 Å². The fraction of sp³-hybridized carbons (Fsp3) is 0.214. The maximum atomic E-state index is 13.5. The number of phenols is 1. The number of aromatic nitrogens is 1. The second-order valence-corrected chi connectivity index (χ2v) is 12.6. The van der Waals surface area contributed by atoms with Crippen LogP contribution >= 0.6 is 11.3 Å². The minimum Gasteiger partial charge on any atom is -0.508 e. The first-order valence-electron chi connectivity index (χ1n) is 12.2. The van der Waals surface area contributed by atoms with E-state index in [1.54, 1.807) is 63.4 Å². The van der Waals surface area contributed by atoms with Crippen molar-refractivity contribution in [3.63, 3.8) is 0 Å². The third kappa shape index (κ3) is 7.34. The average Bonchev–Trinajstić information content (AvgIpc) is 3.36. The molecular weight excluding hydrogens is 534 g/mol. The van der Waals surface area contributed by atoms with Gasteiger partial charge in [-0.3, -0.25) is 0 Å². The van der Waals surface area contributed by atoms with Crippen LogP contribution in [0.2, 0.25) is 0 Å². The summed E-state index contributed by atoms with van der Waals surface area (Å²) in [5.41, 5.74) is 2.70. The summed E-state index contributed by atoms with van der Waals surface area (Å²) in [7, 11) is -2.11. The Morgan fingerprint density at radius 2 is 1.72 bits per heavy atom. The third-order valence-corrected chi connectivity index (χ3v) is 8.40. The molecule has 9 nitrogen and oxygen atoms in total. The highest BCUT2D eigenvalue weighted by Gasteiger charge is 2.26. The van der Waals surface area contributed by atoms with Crippen LogP contribution in [0.4, 0.5) is 16.2 Å². The van der Waals surface area contributed by atoms with Gasteiger partial charge in [-0.25, -0.2) is 22.9 Å². The zero-order chi connectivity index (χ0) is 28.2. The Labute approximate surface area is 232 Å². The van der Waals surface area contributed by atoms with Gasteiger partial charge in [0, 0.05) is 47.8 Å². The van der Waals surface area contributed by atoms with Crippen LogP contribution in [0.5, 0.6) is 5.75 Å². The maximum Gasteiger partial charge on any atom is 0.319 e. The van der Waals surface area contributed by atoms with Crippen LogP contribution in [0.1, 0.15) is 26.3 Å². The van der Waals surface area contributed by atoms with Crippen LogP contribution in [-0.2, 0) is 16.6 Å². The predicted octanol–water partition coefficient (Wildman–Crippen LogP) is 5.62. The molecule has 0 radical (unpaired) electrons. The van der Waals surface area contributed by atoms with Gasteiger partial charge in [-0.15, -0.1) is 11.3 Å². The van der Waals surface area contributed by atoms with Gasteiger partial charge in [0.1, 0.15) is 10.8 Å². The molecule has 0 atom stereocenters. The topological polar surface area (TPSA) is 132 Å². The smallest absolute Gasteiger partial charge is 0.319 e. The summed E-state index contributed by atoms with van der Waals surface area (Å²) in [5.74, 6) is 0.104. The Morgan fingerprint density at radius 1 is 1.00 bits per heavy atom. The minimum atomic E-state index is -3.96. The van der Waals surface area contributed by atoms with Crippen molar-refractivity contribution in [2.24, 2.45) is 0 Å². The number of nitrogens with one attached hydrogen (secondary N) is 4. The summed E-state index contributed by atoms with van der Waals surface area (Å²) in [6.07, 6.45) is 1.66. The first kappa shape index (κ1) is 28.1. The second kappa shape index (κ2) is 11.4. The molecule has 0 saturated heterocycles. The van der Waals surface area contributed by atoms with Crippen LogP contribution in [-0.4, -0.2) is 37.1 Å². The number of nitrogens with zero attached hydrogens (tertiary/aromatic N) is 1. The lowest BCUT2D eigenvalue weighted by Gasteiger charge is -2.22. The van der Waals surface area contributed by atoms with Gasteiger partial charge in [-0.05, 0) is 74.9 Å². The van der Waals surface area contributed by atoms with Crippen LogP contribution in [0.25, 0.3) is 21.0 Å². The SMILES string of the molecule is CNc1ccc(-c2ncc(-c3ccc(NC(=O)NCc4cccc(O)c4)cc3S(=O)(=O)NC(C)(C)C)s2)cc1. The highest BCUT2D eigenvalue weighted by molar-refractivity contribution is 7.89. The number of phenolic OH excluding ortho intramolecular Hbond substituents is 1. The predicted molar refractivity (Wildman–Crippen MR) is 157 cm³/mol. The van der Waals surface area contributed by atoms with E-state index in [9.17, 15) is 18.3 Å². The summed E-state index contributed by atoms with van der Waals surface area (Å²) in [6, 6.07) is 18.6. The van der Waals surface area contributed by atoms with Crippen molar-refractivity contribution in [2.75, 3.05) is 17.7 Å². The molecule has 0 bridgehead atoms. The number of amides is 2. The van der Waals surface area contributed by atoms with E-state index in [0.29, 0.717) is 16.1 Å². The van der Waals surface area contributed by atoms with Crippen LogP contribution in [0.3, 0.4) is 0 Å². The van der Waals surface area contributed by atoms with Crippen molar-refractivity contribution in [2.45, 2.75) is 37.8 Å². The van der Waals surface area contributed by atoms with Gasteiger partial charge < -0.3 is 21.1 Å². The minimum absolute atomic E-state index is 0.0314. The Morgan fingerprint density at radius 3 is 2.38 bits per heavy atom. The molecule has 204 valence electrons. The normalized spacial score (nSPS) is 11.7. The molecular formula is C28H31N5O4S2. The average molecular weight is 566 g/mol. The number of thiazole rings is 1. The molecule has 39 heavy (non-hydrogen) atoms. The van der Waals surface area contributed by atoms with E-state index in [-0.39, 0.29) is 17.2 Å². The molecule has 1 heterocycles. The fourth-order valence-corrected chi connectivity index (χ4v) is 6.51. The molecule has 0 fully saturated rings. The summed E-state index contributed by atoms with van der Waals surface area (Å²) in [4.78, 5) is 17.8. The van der Waals surface area contributed by atoms with E-state index in [1.165, 1.54) is 17.4 Å². The molecule has 5 N–H and O–H groups in total. The third-order valence-electron chi connectivity index (χ3n) is 5.52.